The molecule has 4 aliphatic rings. The predicted octanol–water partition coefficient (Wildman–Crippen LogP) is 4.22. The Morgan fingerprint density at radius 3 is 2.90 bits per heavy atom. The first kappa shape index (κ1) is 15.8. The lowest BCUT2D eigenvalue weighted by molar-refractivity contribution is 0.695. The van der Waals surface area contributed by atoms with Crippen LogP contribution in [-0.2, 0) is 0 Å². The fourth-order valence-corrected chi connectivity index (χ4v) is 4.69. The zero-order valence-corrected chi connectivity index (χ0v) is 15.9. The van der Waals surface area contributed by atoms with Crippen molar-refractivity contribution in [3.05, 3.63) is 90.4 Å². The number of para-hydroxylation sites is 1. The average molecular weight is 388 g/mol. The standard InChI is InChI=1S/C24H16N6/c1-3-11-19-15(7-1)21-27-17-9-5-14-26-24(17)30(21)20-12-4-2-8-16(20)22-28-18-10-6-13-25-23(18)29(19)22/h1-14,19,24H. The molecule has 0 N–H and O–H groups in total. The second kappa shape index (κ2) is 5.73. The molecule has 0 fully saturated rings. The monoisotopic (exact) mass is 388 g/mol. The van der Waals surface area contributed by atoms with Crippen LogP contribution >= 0.6 is 0 Å². The van der Waals surface area contributed by atoms with Crippen molar-refractivity contribution in [2.24, 2.45) is 9.98 Å². The Kier molecular flexibility index (Phi) is 3.02. The van der Waals surface area contributed by atoms with Gasteiger partial charge in [-0.05, 0) is 36.4 Å². The molecule has 6 nitrogen and oxygen atoms in total. The van der Waals surface area contributed by atoms with Gasteiger partial charge in [0.05, 0.1) is 17.4 Å². The largest absolute Gasteiger partial charge is 0.297 e. The molecule has 3 aliphatic heterocycles. The van der Waals surface area contributed by atoms with Crippen molar-refractivity contribution in [3.63, 3.8) is 0 Å². The summed E-state index contributed by atoms with van der Waals surface area (Å²) in [4.78, 5) is 21.7. The third kappa shape index (κ3) is 1.97. The highest BCUT2D eigenvalue weighted by molar-refractivity contribution is 6.10. The van der Waals surface area contributed by atoms with Gasteiger partial charge in [-0.15, -0.1) is 0 Å². The van der Waals surface area contributed by atoms with Gasteiger partial charge in [0.2, 0.25) is 0 Å². The SMILES string of the molecule is C1=CC2=NC3=C4C=CC=CC4n4c(nc5cccnc54)-c4ccccc4N3C2N=C1. The average Bonchev–Trinajstić information content (AvgIpc) is 3.36. The molecule has 1 aliphatic carbocycles. The van der Waals surface area contributed by atoms with E-state index in [2.05, 4.69) is 63.0 Å². The third-order valence-corrected chi connectivity index (χ3v) is 5.94. The first-order valence-corrected chi connectivity index (χ1v) is 9.99. The van der Waals surface area contributed by atoms with Crippen LogP contribution in [0.2, 0.25) is 0 Å². The Labute approximate surface area is 172 Å². The number of aromatic nitrogens is 3. The van der Waals surface area contributed by atoms with E-state index in [0.717, 1.165) is 45.3 Å². The Balaban J connectivity index is 1.64. The first-order chi connectivity index (χ1) is 14.9. The number of aliphatic imine (C=N–C) groups is 2. The molecule has 0 radical (unpaired) electrons. The van der Waals surface area contributed by atoms with Crippen LogP contribution < -0.4 is 4.90 Å². The molecule has 0 amide bonds. The zero-order chi connectivity index (χ0) is 19.7. The minimum absolute atomic E-state index is 0.0479. The topological polar surface area (TPSA) is 58.7 Å². The lowest BCUT2D eigenvalue weighted by Crippen LogP contribution is -2.35. The number of anilines is 1. The van der Waals surface area contributed by atoms with Crippen LogP contribution in [0, 0.1) is 0 Å². The van der Waals surface area contributed by atoms with Crippen molar-refractivity contribution in [1.29, 1.82) is 0 Å². The summed E-state index contributed by atoms with van der Waals surface area (Å²) >= 11 is 0. The quantitative estimate of drug-likeness (QED) is 0.579. The maximum absolute atomic E-state index is 5.04. The Morgan fingerprint density at radius 2 is 1.90 bits per heavy atom. The van der Waals surface area contributed by atoms with Gasteiger partial charge in [-0.3, -0.25) is 14.5 Å². The van der Waals surface area contributed by atoms with E-state index in [9.17, 15) is 0 Å². The number of rotatable bonds is 0. The summed E-state index contributed by atoms with van der Waals surface area (Å²) in [5.41, 5.74) is 5.94. The summed E-state index contributed by atoms with van der Waals surface area (Å²) in [6, 6.07) is 12.3. The van der Waals surface area contributed by atoms with Crippen LogP contribution in [0.25, 0.3) is 22.6 Å². The van der Waals surface area contributed by atoms with E-state index in [0.29, 0.717) is 0 Å². The number of benzene rings is 1. The summed E-state index contributed by atoms with van der Waals surface area (Å²) in [5.74, 6) is 1.84. The number of fused-ring (bicyclic) bond motifs is 11. The molecule has 2 atom stereocenters. The fraction of sp³-hybridized carbons (Fsp3) is 0.0833. The molecule has 0 saturated heterocycles. The van der Waals surface area contributed by atoms with E-state index in [1.807, 2.05) is 36.7 Å². The maximum Gasteiger partial charge on any atom is 0.169 e. The molecule has 30 heavy (non-hydrogen) atoms. The summed E-state index contributed by atoms with van der Waals surface area (Å²) < 4.78 is 2.23. The predicted molar refractivity (Wildman–Crippen MR) is 119 cm³/mol. The fourth-order valence-electron chi connectivity index (χ4n) is 4.69. The molecule has 2 unspecified atom stereocenters. The van der Waals surface area contributed by atoms with Crippen LogP contribution in [0.1, 0.15) is 6.04 Å². The molecular weight excluding hydrogens is 372 g/mol. The van der Waals surface area contributed by atoms with Gasteiger partial charge in [-0.1, -0.05) is 36.4 Å². The number of nitrogens with zero attached hydrogens (tertiary/aromatic N) is 6. The highest BCUT2D eigenvalue weighted by Gasteiger charge is 2.39. The van der Waals surface area contributed by atoms with Crippen molar-refractivity contribution in [2.45, 2.75) is 12.2 Å². The number of hydrogen-bond donors (Lipinski definition) is 0. The Hall–Kier alpha value is -4.06. The summed E-state index contributed by atoms with van der Waals surface area (Å²) in [7, 11) is 0. The molecule has 6 heteroatoms. The van der Waals surface area contributed by atoms with Gasteiger partial charge in [0.25, 0.3) is 0 Å². The number of allylic oxidation sites excluding steroid dienone is 6. The first-order valence-electron chi connectivity index (χ1n) is 9.99. The molecule has 142 valence electrons. The molecule has 0 spiro atoms. The normalized spacial score (nSPS) is 22.8. The molecular formula is C24H16N6. The van der Waals surface area contributed by atoms with Crippen LogP contribution in [0.3, 0.4) is 0 Å². The highest BCUT2D eigenvalue weighted by Crippen LogP contribution is 2.45. The van der Waals surface area contributed by atoms with Gasteiger partial charge in [0.15, 0.2) is 11.8 Å². The lowest BCUT2D eigenvalue weighted by atomic mass is 9.98. The third-order valence-electron chi connectivity index (χ3n) is 5.94. The van der Waals surface area contributed by atoms with Gasteiger partial charge in [0.1, 0.15) is 17.2 Å². The van der Waals surface area contributed by atoms with Crippen molar-refractivity contribution < 1.29 is 0 Å². The van der Waals surface area contributed by atoms with Crippen molar-refractivity contribution in [1.82, 2.24) is 14.5 Å². The second-order valence-electron chi connectivity index (χ2n) is 7.57. The maximum atomic E-state index is 5.04. The Bertz CT molecular complexity index is 1410. The van der Waals surface area contributed by atoms with Crippen LogP contribution in [0.5, 0.6) is 0 Å². The van der Waals surface area contributed by atoms with Crippen LogP contribution in [0.4, 0.5) is 5.69 Å². The second-order valence-corrected chi connectivity index (χ2v) is 7.57. The highest BCUT2D eigenvalue weighted by atomic mass is 15.4. The van der Waals surface area contributed by atoms with Gasteiger partial charge in [0, 0.05) is 23.5 Å². The van der Waals surface area contributed by atoms with Gasteiger partial charge in [-0.25, -0.2) is 15.0 Å². The summed E-state index contributed by atoms with van der Waals surface area (Å²) in [5, 5.41) is 0. The van der Waals surface area contributed by atoms with E-state index in [1.165, 1.54) is 0 Å². The number of pyridine rings is 1. The van der Waals surface area contributed by atoms with Gasteiger partial charge >= 0.3 is 0 Å². The van der Waals surface area contributed by atoms with E-state index >= 15 is 0 Å². The minimum atomic E-state index is -0.160. The molecule has 0 bridgehead atoms. The molecule has 3 aromatic rings. The molecule has 5 heterocycles. The molecule has 7 rings (SSSR count). The van der Waals surface area contributed by atoms with Crippen LogP contribution in [-0.4, -0.2) is 32.6 Å². The number of imidazole rings is 1. The molecule has 2 aromatic heterocycles. The van der Waals surface area contributed by atoms with E-state index in [-0.39, 0.29) is 12.2 Å². The van der Waals surface area contributed by atoms with Crippen molar-refractivity contribution in [2.75, 3.05) is 4.90 Å². The number of dihydropyridines is 1. The van der Waals surface area contributed by atoms with E-state index < -0.39 is 0 Å². The smallest absolute Gasteiger partial charge is 0.169 e. The molecule has 0 saturated carbocycles. The summed E-state index contributed by atoms with van der Waals surface area (Å²) in [6.45, 7) is 0. The van der Waals surface area contributed by atoms with Gasteiger partial charge in [-0.2, -0.15) is 0 Å². The van der Waals surface area contributed by atoms with Crippen molar-refractivity contribution >= 4 is 28.8 Å². The number of hydrogen-bond acceptors (Lipinski definition) is 5. The molecule has 1 aromatic carbocycles. The minimum Gasteiger partial charge on any atom is -0.297 e. The van der Waals surface area contributed by atoms with Crippen molar-refractivity contribution in [3.8, 4) is 11.4 Å². The Morgan fingerprint density at radius 1 is 0.933 bits per heavy atom. The van der Waals surface area contributed by atoms with Gasteiger partial charge < -0.3 is 0 Å². The zero-order valence-electron chi connectivity index (χ0n) is 15.9. The van der Waals surface area contributed by atoms with E-state index in [1.54, 1.807) is 0 Å². The van der Waals surface area contributed by atoms with Crippen LogP contribution in [0.15, 0.2) is 100 Å². The lowest BCUT2D eigenvalue weighted by Gasteiger charge is -2.33. The van der Waals surface area contributed by atoms with E-state index in [4.69, 9.17) is 15.0 Å². The summed E-state index contributed by atoms with van der Waals surface area (Å²) in [6.07, 6.45) is 16.0.